The highest BCUT2D eigenvalue weighted by Crippen LogP contribution is 2.40. The van der Waals surface area contributed by atoms with Crippen LogP contribution in [0, 0.1) is 23.4 Å². The highest BCUT2D eigenvalue weighted by Gasteiger charge is 2.57. The Morgan fingerprint density at radius 3 is 2.88 bits per heavy atom. The van der Waals surface area contributed by atoms with Crippen LogP contribution in [0.5, 0.6) is 0 Å². The number of nitrogens with one attached hydrogen (secondary N) is 1. The fourth-order valence-corrected chi connectivity index (χ4v) is 3.22. The maximum Gasteiger partial charge on any atom is 0.199 e. The van der Waals surface area contributed by atoms with Crippen molar-refractivity contribution in [1.82, 2.24) is 19.5 Å². The minimum atomic E-state index is -1.91. The molecule has 0 spiro atoms. The predicted molar refractivity (Wildman–Crippen MR) is 87.4 cm³/mol. The summed E-state index contributed by atoms with van der Waals surface area (Å²) in [7, 11) is 0. The lowest BCUT2D eigenvalue weighted by molar-refractivity contribution is -0.0847. The van der Waals surface area contributed by atoms with Crippen LogP contribution in [-0.4, -0.2) is 58.8 Å². The van der Waals surface area contributed by atoms with E-state index in [0.29, 0.717) is 21.6 Å². The topological polar surface area (TPSA) is 116 Å². The molecule has 1 aliphatic heterocycles. The van der Waals surface area contributed by atoms with E-state index in [1.807, 2.05) is 0 Å². The molecule has 8 nitrogen and oxygen atoms in total. The number of aromatic nitrogens is 4. The van der Waals surface area contributed by atoms with Crippen molar-refractivity contribution in [3.8, 4) is 11.8 Å². The van der Waals surface area contributed by atoms with Gasteiger partial charge in [-0.2, -0.15) is 0 Å². The smallest absolute Gasteiger partial charge is 0.199 e. The van der Waals surface area contributed by atoms with Gasteiger partial charge in [-0.25, -0.2) is 9.97 Å². The first-order valence-electron chi connectivity index (χ1n) is 7.41. The third kappa shape index (κ3) is 2.44. The van der Waals surface area contributed by atoms with E-state index in [-0.39, 0.29) is 0 Å². The van der Waals surface area contributed by atoms with Crippen LogP contribution in [0.4, 0.5) is 0 Å². The monoisotopic (exact) mass is 350 g/mol. The first-order valence-corrected chi connectivity index (χ1v) is 7.81. The molecular weight excluding hydrogens is 332 g/mol. The zero-order valence-electron chi connectivity index (χ0n) is 13.4. The number of aryl methyl sites for hydroxylation is 1. The van der Waals surface area contributed by atoms with Crippen LogP contribution >= 0.6 is 12.2 Å². The molecule has 9 heteroatoms. The van der Waals surface area contributed by atoms with Gasteiger partial charge < -0.3 is 25.0 Å². The van der Waals surface area contributed by atoms with E-state index in [0.717, 1.165) is 0 Å². The van der Waals surface area contributed by atoms with Crippen molar-refractivity contribution in [2.24, 2.45) is 0 Å². The molecule has 3 heterocycles. The Balaban J connectivity index is 2.20. The normalized spacial score (nSPS) is 31.0. The van der Waals surface area contributed by atoms with Gasteiger partial charge in [-0.3, -0.25) is 4.57 Å². The van der Waals surface area contributed by atoms with Gasteiger partial charge in [0.2, 0.25) is 0 Å². The molecule has 1 aliphatic rings. The SMILES string of the molecule is CC#CC1(O)[C@@H](O)[C@@H]([C@@H](C)O)O[C@H]1n1cnc2c(=S)nc(C)[nH]c21. The molecule has 3 rings (SSSR count). The molecule has 0 saturated carbocycles. The summed E-state index contributed by atoms with van der Waals surface area (Å²) >= 11 is 5.20. The number of aliphatic hydroxyl groups excluding tert-OH is 2. The third-order valence-electron chi connectivity index (χ3n) is 4.04. The van der Waals surface area contributed by atoms with Gasteiger partial charge in [-0.15, -0.1) is 5.92 Å². The molecule has 1 fully saturated rings. The van der Waals surface area contributed by atoms with Crippen molar-refractivity contribution in [2.45, 2.75) is 50.9 Å². The summed E-state index contributed by atoms with van der Waals surface area (Å²) in [6.45, 7) is 4.77. The molecule has 0 bridgehead atoms. The van der Waals surface area contributed by atoms with Crippen LogP contribution in [-0.2, 0) is 4.74 Å². The van der Waals surface area contributed by atoms with Crippen molar-refractivity contribution in [3.05, 3.63) is 16.8 Å². The molecule has 2 aromatic rings. The van der Waals surface area contributed by atoms with Crippen LogP contribution in [0.3, 0.4) is 0 Å². The van der Waals surface area contributed by atoms with E-state index in [4.69, 9.17) is 17.0 Å². The van der Waals surface area contributed by atoms with Crippen molar-refractivity contribution in [3.63, 3.8) is 0 Å². The molecule has 0 aromatic carbocycles. The average Bonchev–Trinajstić information content (AvgIpc) is 3.00. The molecule has 0 aliphatic carbocycles. The predicted octanol–water partition coefficient (Wildman–Crippen LogP) is 0.191. The minimum absolute atomic E-state index is 0.315. The van der Waals surface area contributed by atoms with Crippen molar-refractivity contribution in [1.29, 1.82) is 0 Å². The Kier molecular flexibility index (Phi) is 4.19. The van der Waals surface area contributed by atoms with Gasteiger partial charge in [0.1, 0.15) is 29.2 Å². The van der Waals surface area contributed by atoms with Crippen LogP contribution in [0.25, 0.3) is 11.2 Å². The maximum atomic E-state index is 10.9. The number of nitrogens with zero attached hydrogens (tertiary/aromatic N) is 3. The number of imidazole rings is 1. The summed E-state index contributed by atoms with van der Waals surface area (Å²) in [6.07, 6.45) is -3.02. The van der Waals surface area contributed by atoms with Crippen molar-refractivity contribution in [2.75, 3.05) is 0 Å². The Morgan fingerprint density at radius 2 is 2.25 bits per heavy atom. The van der Waals surface area contributed by atoms with E-state index < -0.39 is 30.1 Å². The number of ether oxygens (including phenoxy) is 1. The lowest BCUT2D eigenvalue weighted by atomic mass is 9.93. The standard InChI is InChI=1S/C15H18N4O4S/c1-4-5-15(22)11(21)10(7(2)20)23-14(15)19-6-16-9-12(19)17-8(3)18-13(9)24/h6-7,10-11,14,20-22H,1-3H3,(H,17,18,24)/t7-,10-,11+,14-,15?/m1/s1. The second-order valence-corrected chi connectivity index (χ2v) is 6.20. The highest BCUT2D eigenvalue weighted by molar-refractivity contribution is 7.71. The molecule has 1 saturated heterocycles. The summed E-state index contributed by atoms with van der Waals surface area (Å²) in [5.41, 5.74) is -0.968. The number of aromatic amines is 1. The Bertz CT molecular complexity index is 896. The molecule has 0 amide bonds. The fourth-order valence-electron chi connectivity index (χ4n) is 2.94. The first-order chi connectivity index (χ1) is 11.3. The molecule has 2 aromatic heterocycles. The van der Waals surface area contributed by atoms with E-state index >= 15 is 0 Å². The Morgan fingerprint density at radius 1 is 1.54 bits per heavy atom. The first kappa shape index (κ1) is 17.0. The maximum absolute atomic E-state index is 10.9. The summed E-state index contributed by atoms with van der Waals surface area (Å²) in [6, 6.07) is 0. The van der Waals surface area contributed by atoms with Crippen LogP contribution in [0.1, 0.15) is 25.9 Å². The van der Waals surface area contributed by atoms with Gasteiger partial charge in [0.25, 0.3) is 0 Å². The lowest BCUT2D eigenvalue weighted by Gasteiger charge is -2.26. The summed E-state index contributed by atoms with van der Waals surface area (Å²) in [4.78, 5) is 11.4. The minimum Gasteiger partial charge on any atom is -0.391 e. The lowest BCUT2D eigenvalue weighted by Crippen LogP contribution is -2.47. The number of hydrogen-bond acceptors (Lipinski definition) is 7. The highest BCUT2D eigenvalue weighted by atomic mass is 32.1. The van der Waals surface area contributed by atoms with Crippen LogP contribution in [0.2, 0.25) is 0 Å². The summed E-state index contributed by atoms with van der Waals surface area (Å²) < 4.78 is 7.56. The molecule has 1 unspecified atom stereocenters. The van der Waals surface area contributed by atoms with Gasteiger partial charge >= 0.3 is 0 Å². The molecule has 24 heavy (non-hydrogen) atoms. The third-order valence-corrected chi connectivity index (χ3v) is 4.33. The Labute approximate surface area is 143 Å². The number of rotatable bonds is 2. The number of fused-ring (bicyclic) bond motifs is 1. The van der Waals surface area contributed by atoms with Gasteiger partial charge in [0.15, 0.2) is 16.5 Å². The summed E-state index contributed by atoms with van der Waals surface area (Å²) in [5.74, 6) is 5.78. The van der Waals surface area contributed by atoms with E-state index in [9.17, 15) is 15.3 Å². The Hall–Kier alpha value is -1.83. The van der Waals surface area contributed by atoms with Crippen LogP contribution < -0.4 is 0 Å². The second-order valence-electron chi connectivity index (χ2n) is 5.82. The molecule has 128 valence electrons. The van der Waals surface area contributed by atoms with Crippen LogP contribution in [0.15, 0.2) is 6.33 Å². The second kappa shape index (κ2) is 5.91. The zero-order valence-corrected chi connectivity index (χ0v) is 14.2. The number of hydrogen-bond donors (Lipinski definition) is 4. The van der Waals surface area contributed by atoms with Crippen molar-refractivity contribution < 1.29 is 20.1 Å². The molecule has 4 N–H and O–H groups in total. The van der Waals surface area contributed by atoms with E-state index in [1.165, 1.54) is 17.8 Å². The van der Waals surface area contributed by atoms with Gasteiger partial charge in [-0.1, -0.05) is 18.1 Å². The number of aliphatic hydroxyl groups is 3. The summed E-state index contributed by atoms with van der Waals surface area (Å²) in [5, 5.41) is 31.2. The molecular formula is C15H18N4O4S. The van der Waals surface area contributed by atoms with Gasteiger partial charge in [0.05, 0.1) is 12.4 Å². The van der Waals surface area contributed by atoms with Crippen molar-refractivity contribution >= 4 is 23.4 Å². The number of H-pyrrole nitrogens is 1. The van der Waals surface area contributed by atoms with Gasteiger partial charge in [0, 0.05) is 0 Å². The fraction of sp³-hybridized carbons (Fsp3) is 0.533. The van der Waals surface area contributed by atoms with E-state index in [2.05, 4.69) is 26.8 Å². The van der Waals surface area contributed by atoms with E-state index in [1.54, 1.807) is 13.8 Å². The average molecular weight is 350 g/mol. The molecule has 0 radical (unpaired) electrons. The largest absolute Gasteiger partial charge is 0.391 e. The zero-order chi connectivity index (χ0) is 17.6. The molecule has 5 atom stereocenters. The quantitative estimate of drug-likeness (QED) is 0.451. The van der Waals surface area contributed by atoms with Gasteiger partial charge in [-0.05, 0) is 20.8 Å².